The molecule has 0 aliphatic rings. The third-order valence-electron chi connectivity index (χ3n) is 4.58. The van der Waals surface area contributed by atoms with Crippen LogP contribution in [0, 0.1) is 5.82 Å². The van der Waals surface area contributed by atoms with Crippen molar-refractivity contribution in [3.05, 3.63) is 65.1 Å². The molecule has 0 amide bonds. The SMILES string of the molecule is COc1c(CN(C)Cc2ccc(F)cc2)c(C=O)c(OS(=O)C(F)(F)F)c2ncccc12. The summed E-state index contributed by atoms with van der Waals surface area (Å²) in [7, 11) is 3.06. The number of benzene rings is 2. The average Bonchev–Trinajstić information content (AvgIpc) is 2.75. The van der Waals surface area contributed by atoms with Gasteiger partial charge < -0.3 is 8.92 Å². The molecule has 3 aromatic rings. The monoisotopic (exact) mass is 470 g/mol. The van der Waals surface area contributed by atoms with E-state index in [1.165, 1.54) is 25.4 Å². The molecule has 1 unspecified atom stereocenters. The van der Waals surface area contributed by atoms with E-state index in [9.17, 15) is 26.6 Å². The van der Waals surface area contributed by atoms with Crippen LogP contribution in [0.4, 0.5) is 17.6 Å². The van der Waals surface area contributed by atoms with Crippen LogP contribution in [0.25, 0.3) is 10.9 Å². The smallest absolute Gasteiger partial charge is 0.496 e. The highest BCUT2D eigenvalue weighted by atomic mass is 32.2. The van der Waals surface area contributed by atoms with Crippen molar-refractivity contribution in [2.45, 2.75) is 18.6 Å². The van der Waals surface area contributed by atoms with Gasteiger partial charge in [-0.3, -0.25) is 14.7 Å². The van der Waals surface area contributed by atoms with E-state index in [0.29, 0.717) is 18.2 Å². The van der Waals surface area contributed by atoms with E-state index in [4.69, 9.17) is 8.92 Å². The van der Waals surface area contributed by atoms with Crippen molar-refractivity contribution in [3.8, 4) is 11.5 Å². The number of ether oxygens (including phenoxy) is 1. The van der Waals surface area contributed by atoms with Gasteiger partial charge in [-0.1, -0.05) is 12.1 Å². The third kappa shape index (κ3) is 5.05. The van der Waals surface area contributed by atoms with Crippen molar-refractivity contribution in [3.63, 3.8) is 0 Å². The summed E-state index contributed by atoms with van der Waals surface area (Å²) in [5.41, 5.74) is -4.48. The first kappa shape index (κ1) is 23.6. The van der Waals surface area contributed by atoms with Crippen LogP contribution >= 0.6 is 0 Å². The molecule has 0 radical (unpaired) electrons. The minimum Gasteiger partial charge on any atom is -0.496 e. The summed E-state index contributed by atoms with van der Waals surface area (Å²) >= 11 is -3.71. The summed E-state index contributed by atoms with van der Waals surface area (Å²) in [6.07, 6.45) is 1.63. The number of carbonyl (C=O) groups excluding carboxylic acids is 1. The van der Waals surface area contributed by atoms with Crippen LogP contribution in [-0.4, -0.2) is 40.0 Å². The fraction of sp³-hybridized carbons (Fsp3) is 0.238. The normalized spacial score (nSPS) is 12.7. The highest BCUT2D eigenvalue weighted by Gasteiger charge is 2.41. The summed E-state index contributed by atoms with van der Waals surface area (Å²) < 4.78 is 73.7. The summed E-state index contributed by atoms with van der Waals surface area (Å²) in [5.74, 6) is -0.702. The van der Waals surface area contributed by atoms with Gasteiger partial charge in [0.15, 0.2) is 12.0 Å². The lowest BCUT2D eigenvalue weighted by molar-refractivity contribution is -0.0437. The van der Waals surface area contributed by atoms with Gasteiger partial charge in [0.1, 0.15) is 17.1 Å². The van der Waals surface area contributed by atoms with Crippen molar-refractivity contribution >= 4 is 28.3 Å². The van der Waals surface area contributed by atoms with Crippen LogP contribution in [0.3, 0.4) is 0 Å². The number of pyridine rings is 1. The van der Waals surface area contributed by atoms with Crippen molar-refractivity contribution < 1.29 is 35.5 Å². The quantitative estimate of drug-likeness (QED) is 0.359. The first-order valence-corrected chi connectivity index (χ1v) is 10.3. The van der Waals surface area contributed by atoms with Crippen LogP contribution in [0.5, 0.6) is 11.5 Å². The van der Waals surface area contributed by atoms with Gasteiger partial charge in [-0.2, -0.15) is 13.2 Å². The lowest BCUT2D eigenvalue weighted by Crippen LogP contribution is -2.23. The highest BCUT2D eigenvalue weighted by molar-refractivity contribution is 7.81. The van der Waals surface area contributed by atoms with Crippen LogP contribution in [-0.2, 0) is 24.2 Å². The van der Waals surface area contributed by atoms with Gasteiger partial charge in [0.05, 0.1) is 12.7 Å². The lowest BCUT2D eigenvalue weighted by atomic mass is 10.0. The number of alkyl halides is 3. The number of rotatable bonds is 8. The fourth-order valence-corrected chi connectivity index (χ4v) is 3.68. The number of hydrogen-bond acceptors (Lipinski definition) is 6. The van der Waals surface area contributed by atoms with E-state index in [0.717, 1.165) is 5.56 Å². The number of fused-ring (bicyclic) bond motifs is 1. The van der Waals surface area contributed by atoms with Gasteiger partial charge in [0, 0.05) is 30.2 Å². The topological polar surface area (TPSA) is 68.7 Å². The number of methoxy groups -OCH3 is 1. The van der Waals surface area contributed by atoms with E-state index < -0.39 is 22.3 Å². The molecule has 2 aromatic carbocycles. The van der Waals surface area contributed by atoms with Gasteiger partial charge >= 0.3 is 16.6 Å². The Bertz CT molecular complexity index is 1150. The molecule has 11 heteroatoms. The predicted octanol–water partition coefficient (Wildman–Crippen LogP) is 4.39. The maximum Gasteiger partial charge on any atom is 0.508 e. The van der Waals surface area contributed by atoms with Gasteiger partial charge in [0.25, 0.3) is 0 Å². The predicted molar refractivity (Wildman–Crippen MR) is 110 cm³/mol. The Morgan fingerprint density at radius 1 is 1.12 bits per heavy atom. The maximum absolute atomic E-state index is 13.2. The zero-order chi connectivity index (χ0) is 23.5. The lowest BCUT2D eigenvalue weighted by Gasteiger charge is -2.22. The van der Waals surface area contributed by atoms with Crippen molar-refractivity contribution in [2.24, 2.45) is 0 Å². The Morgan fingerprint density at radius 3 is 2.41 bits per heavy atom. The molecule has 0 aliphatic heterocycles. The molecule has 0 aliphatic carbocycles. The first-order valence-electron chi connectivity index (χ1n) is 9.18. The Hall–Kier alpha value is -3.05. The largest absolute Gasteiger partial charge is 0.508 e. The van der Waals surface area contributed by atoms with Crippen molar-refractivity contribution in [1.29, 1.82) is 0 Å². The van der Waals surface area contributed by atoms with Gasteiger partial charge in [-0.05, 0) is 36.9 Å². The first-order chi connectivity index (χ1) is 15.2. The molecule has 0 bridgehead atoms. The third-order valence-corrected chi connectivity index (χ3v) is 5.27. The second-order valence-electron chi connectivity index (χ2n) is 6.83. The maximum atomic E-state index is 13.2. The molecule has 0 saturated heterocycles. The van der Waals surface area contributed by atoms with Crippen LogP contribution in [0.15, 0.2) is 42.6 Å². The van der Waals surface area contributed by atoms with Gasteiger partial charge in [0.2, 0.25) is 0 Å². The second kappa shape index (κ2) is 9.61. The summed E-state index contributed by atoms with van der Waals surface area (Å²) in [6, 6.07) is 8.88. The van der Waals surface area contributed by atoms with Gasteiger partial charge in [-0.15, -0.1) is 0 Å². The Kier molecular flexibility index (Phi) is 7.09. The van der Waals surface area contributed by atoms with E-state index in [-0.39, 0.29) is 34.8 Å². The zero-order valence-electron chi connectivity index (χ0n) is 17.0. The van der Waals surface area contributed by atoms with Crippen LogP contribution in [0.2, 0.25) is 0 Å². The molecule has 1 atom stereocenters. The number of aromatic nitrogens is 1. The van der Waals surface area contributed by atoms with E-state index >= 15 is 0 Å². The second-order valence-corrected chi connectivity index (χ2v) is 7.93. The molecular weight excluding hydrogens is 452 g/mol. The number of aldehydes is 1. The minimum atomic E-state index is -5.15. The highest BCUT2D eigenvalue weighted by Crippen LogP contribution is 2.41. The number of carbonyl (C=O) groups is 1. The average molecular weight is 470 g/mol. The van der Waals surface area contributed by atoms with Gasteiger partial charge in [-0.25, -0.2) is 8.60 Å². The molecule has 0 N–H and O–H groups in total. The zero-order valence-corrected chi connectivity index (χ0v) is 17.8. The molecule has 0 spiro atoms. The summed E-state index contributed by atoms with van der Waals surface area (Å²) in [6.45, 7) is 0.409. The minimum absolute atomic E-state index is 0.0640. The summed E-state index contributed by atoms with van der Waals surface area (Å²) in [4.78, 5) is 17.7. The molecule has 1 heterocycles. The molecule has 6 nitrogen and oxygen atoms in total. The van der Waals surface area contributed by atoms with Crippen LogP contribution in [0.1, 0.15) is 21.5 Å². The number of nitrogens with zero attached hydrogens (tertiary/aromatic N) is 2. The molecule has 0 fully saturated rings. The molecule has 0 saturated carbocycles. The number of halogens is 4. The van der Waals surface area contributed by atoms with Crippen molar-refractivity contribution in [1.82, 2.24) is 9.88 Å². The molecule has 170 valence electrons. The van der Waals surface area contributed by atoms with E-state index in [2.05, 4.69) is 4.98 Å². The molecular formula is C21H18F4N2O4S. The Morgan fingerprint density at radius 2 is 1.81 bits per heavy atom. The molecule has 32 heavy (non-hydrogen) atoms. The van der Waals surface area contributed by atoms with E-state index in [1.807, 2.05) is 0 Å². The van der Waals surface area contributed by atoms with E-state index in [1.54, 1.807) is 36.2 Å². The Labute approximate surface area is 183 Å². The van der Waals surface area contributed by atoms with Crippen molar-refractivity contribution in [2.75, 3.05) is 14.2 Å². The molecule has 3 rings (SSSR count). The standard InChI is InChI=1S/C21H18F4N2O4S/c1-27(10-13-5-7-14(22)8-6-13)11-16-17(12-28)20(31-32(29)21(23,24)25)18-15(19(16)30-2)4-3-9-26-18/h3-9,12H,10-11H2,1-2H3. The Balaban J connectivity index is 2.10. The fourth-order valence-electron chi connectivity index (χ4n) is 3.27. The number of hydrogen-bond donors (Lipinski definition) is 0. The van der Waals surface area contributed by atoms with Crippen LogP contribution < -0.4 is 8.92 Å². The molecule has 1 aromatic heterocycles. The summed E-state index contributed by atoms with van der Waals surface area (Å²) in [5, 5.41) is 0.292.